The number of aryl methyl sites for hydroxylation is 1. The van der Waals surface area contributed by atoms with Gasteiger partial charge in [-0.3, -0.25) is 9.48 Å². The van der Waals surface area contributed by atoms with Crippen LogP contribution in [0.15, 0.2) is 28.9 Å². The standard InChI is InChI=1S/C12H13BrN4O/c1-7-8(13)4-3-5-10(7)16-12(18)11-9(14)6-15-17(11)2/h3-6H,14H2,1-2H3,(H,16,18). The second-order valence-corrected chi connectivity index (χ2v) is 4.79. The molecule has 6 heteroatoms. The molecule has 0 saturated heterocycles. The Morgan fingerprint density at radius 2 is 2.22 bits per heavy atom. The summed E-state index contributed by atoms with van der Waals surface area (Å²) in [7, 11) is 1.68. The average Bonchev–Trinajstić information content (AvgIpc) is 2.65. The van der Waals surface area contributed by atoms with Crippen molar-refractivity contribution in [2.75, 3.05) is 11.1 Å². The van der Waals surface area contributed by atoms with E-state index in [0.29, 0.717) is 11.4 Å². The Labute approximate surface area is 113 Å². The van der Waals surface area contributed by atoms with Crippen molar-refractivity contribution in [3.8, 4) is 0 Å². The van der Waals surface area contributed by atoms with E-state index in [0.717, 1.165) is 15.7 Å². The van der Waals surface area contributed by atoms with E-state index in [4.69, 9.17) is 5.73 Å². The lowest BCUT2D eigenvalue weighted by molar-refractivity contribution is 0.101. The number of nitrogen functional groups attached to an aromatic ring is 1. The van der Waals surface area contributed by atoms with E-state index in [2.05, 4.69) is 26.3 Å². The molecule has 2 rings (SSSR count). The number of carbonyl (C=O) groups excluding carboxylic acids is 1. The second-order valence-electron chi connectivity index (χ2n) is 3.94. The van der Waals surface area contributed by atoms with Crippen LogP contribution in [0.3, 0.4) is 0 Å². The van der Waals surface area contributed by atoms with Crippen molar-refractivity contribution >= 4 is 33.2 Å². The molecule has 0 bridgehead atoms. The highest BCUT2D eigenvalue weighted by atomic mass is 79.9. The Bertz CT molecular complexity index is 587. The first-order valence-electron chi connectivity index (χ1n) is 5.34. The summed E-state index contributed by atoms with van der Waals surface area (Å²) in [5, 5.41) is 6.77. The number of aromatic nitrogens is 2. The summed E-state index contributed by atoms with van der Waals surface area (Å²) in [6, 6.07) is 5.62. The van der Waals surface area contributed by atoms with Crippen LogP contribution < -0.4 is 11.1 Å². The number of nitrogens with two attached hydrogens (primary N) is 1. The van der Waals surface area contributed by atoms with Crippen molar-refractivity contribution in [1.29, 1.82) is 0 Å². The summed E-state index contributed by atoms with van der Waals surface area (Å²) in [6.45, 7) is 1.92. The number of amides is 1. The lowest BCUT2D eigenvalue weighted by Crippen LogP contribution is -2.18. The summed E-state index contributed by atoms with van der Waals surface area (Å²) >= 11 is 3.42. The van der Waals surface area contributed by atoms with E-state index < -0.39 is 0 Å². The summed E-state index contributed by atoms with van der Waals surface area (Å²) in [6.07, 6.45) is 1.46. The van der Waals surface area contributed by atoms with E-state index in [1.807, 2.05) is 25.1 Å². The van der Waals surface area contributed by atoms with Crippen LogP contribution in [-0.4, -0.2) is 15.7 Å². The van der Waals surface area contributed by atoms with E-state index in [1.54, 1.807) is 7.05 Å². The molecule has 3 N–H and O–H groups in total. The molecule has 0 aliphatic heterocycles. The van der Waals surface area contributed by atoms with Gasteiger partial charge in [0.05, 0.1) is 11.9 Å². The fraction of sp³-hybridized carbons (Fsp3) is 0.167. The molecule has 1 aromatic carbocycles. The minimum Gasteiger partial charge on any atom is -0.396 e. The van der Waals surface area contributed by atoms with Gasteiger partial charge in [-0.1, -0.05) is 22.0 Å². The minimum absolute atomic E-state index is 0.270. The first-order valence-corrected chi connectivity index (χ1v) is 6.14. The van der Waals surface area contributed by atoms with Crippen LogP contribution in [0.4, 0.5) is 11.4 Å². The molecule has 0 unspecified atom stereocenters. The average molecular weight is 309 g/mol. The number of nitrogens with one attached hydrogen (secondary N) is 1. The Morgan fingerprint density at radius 1 is 1.50 bits per heavy atom. The molecule has 1 heterocycles. The number of hydrogen-bond donors (Lipinski definition) is 2. The number of benzene rings is 1. The first kappa shape index (κ1) is 12.6. The molecule has 0 saturated carbocycles. The summed E-state index contributed by atoms with van der Waals surface area (Å²) in [4.78, 5) is 12.1. The van der Waals surface area contributed by atoms with Crippen LogP contribution in [0.2, 0.25) is 0 Å². The quantitative estimate of drug-likeness (QED) is 0.894. The van der Waals surface area contributed by atoms with Gasteiger partial charge in [0.15, 0.2) is 0 Å². The Kier molecular flexibility index (Phi) is 3.38. The smallest absolute Gasteiger partial charge is 0.276 e. The topological polar surface area (TPSA) is 72.9 Å². The van der Waals surface area contributed by atoms with Crippen LogP contribution in [-0.2, 0) is 7.05 Å². The molecule has 5 nitrogen and oxygen atoms in total. The van der Waals surface area contributed by atoms with Gasteiger partial charge in [0.2, 0.25) is 0 Å². The highest BCUT2D eigenvalue weighted by Crippen LogP contribution is 2.24. The van der Waals surface area contributed by atoms with Gasteiger partial charge < -0.3 is 11.1 Å². The van der Waals surface area contributed by atoms with Crippen molar-refractivity contribution in [3.05, 3.63) is 40.1 Å². The summed E-state index contributed by atoms with van der Waals surface area (Å²) in [5.41, 5.74) is 8.14. The molecule has 94 valence electrons. The second kappa shape index (κ2) is 4.81. The van der Waals surface area contributed by atoms with Gasteiger partial charge in [-0.15, -0.1) is 0 Å². The van der Waals surface area contributed by atoms with Gasteiger partial charge in [-0.05, 0) is 24.6 Å². The minimum atomic E-state index is -0.270. The lowest BCUT2D eigenvalue weighted by atomic mass is 10.2. The maximum Gasteiger partial charge on any atom is 0.276 e. The molecule has 0 fully saturated rings. The largest absolute Gasteiger partial charge is 0.396 e. The molecular weight excluding hydrogens is 296 g/mol. The molecule has 1 amide bonds. The third kappa shape index (κ3) is 2.24. The molecule has 18 heavy (non-hydrogen) atoms. The molecule has 0 spiro atoms. The third-order valence-electron chi connectivity index (χ3n) is 2.70. The van der Waals surface area contributed by atoms with Crippen molar-refractivity contribution in [2.45, 2.75) is 6.92 Å². The van der Waals surface area contributed by atoms with Crippen LogP contribution in [0.25, 0.3) is 0 Å². The number of hydrogen-bond acceptors (Lipinski definition) is 3. The number of halogens is 1. The number of rotatable bonds is 2. The van der Waals surface area contributed by atoms with Crippen molar-refractivity contribution in [3.63, 3.8) is 0 Å². The zero-order valence-electron chi connectivity index (χ0n) is 10.1. The Hall–Kier alpha value is -1.82. The number of nitrogens with zero attached hydrogens (tertiary/aromatic N) is 2. The van der Waals surface area contributed by atoms with Crippen LogP contribution in [0, 0.1) is 6.92 Å². The monoisotopic (exact) mass is 308 g/mol. The SMILES string of the molecule is Cc1c(Br)cccc1NC(=O)c1c(N)cnn1C. The fourth-order valence-corrected chi connectivity index (χ4v) is 2.02. The summed E-state index contributed by atoms with van der Waals surface area (Å²) < 4.78 is 2.40. The van der Waals surface area contributed by atoms with Crippen molar-refractivity contribution in [2.24, 2.45) is 7.05 Å². The predicted molar refractivity (Wildman–Crippen MR) is 74.5 cm³/mol. The van der Waals surface area contributed by atoms with Crippen molar-refractivity contribution in [1.82, 2.24) is 9.78 Å². The van der Waals surface area contributed by atoms with Crippen LogP contribution >= 0.6 is 15.9 Å². The predicted octanol–water partition coefficient (Wildman–Crippen LogP) is 2.33. The third-order valence-corrected chi connectivity index (χ3v) is 3.56. The Balaban J connectivity index is 2.30. The van der Waals surface area contributed by atoms with Gasteiger partial charge in [0.1, 0.15) is 5.69 Å². The zero-order valence-corrected chi connectivity index (χ0v) is 11.7. The lowest BCUT2D eigenvalue weighted by Gasteiger charge is -2.10. The van der Waals surface area contributed by atoms with E-state index in [1.165, 1.54) is 10.9 Å². The van der Waals surface area contributed by atoms with Gasteiger partial charge >= 0.3 is 0 Å². The van der Waals surface area contributed by atoms with E-state index >= 15 is 0 Å². The maximum atomic E-state index is 12.1. The molecule has 0 radical (unpaired) electrons. The van der Waals surface area contributed by atoms with Gasteiger partial charge in [-0.2, -0.15) is 5.10 Å². The highest BCUT2D eigenvalue weighted by molar-refractivity contribution is 9.10. The zero-order chi connectivity index (χ0) is 13.3. The van der Waals surface area contributed by atoms with Crippen molar-refractivity contribution < 1.29 is 4.79 Å². The van der Waals surface area contributed by atoms with E-state index in [9.17, 15) is 4.79 Å². The molecule has 0 atom stereocenters. The molecular formula is C12H13BrN4O. The van der Waals surface area contributed by atoms with E-state index in [-0.39, 0.29) is 5.91 Å². The maximum absolute atomic E-state index is 12.1. The normalized spacial score (nSPS) is 10.4. The molecule has 2 aromatic rings. The number of anilines is 2. The van der Waals surface area contributed by atoms with Crippen LogP contribution in [0.5, 0.6) is 0 Å². The Morgan fingerprint density at radius 3 is 2.83 bits per heavy atom. The van der Waals surface area contributed by atoms with Crippen LogP contribution in [0.1, 0.15) is 16.1 Å². The fourth-order valence-electron chi connectivity index (χ4n) is 1.66. The van der Waals surface area contributed by atoms with Gasteiger partial charge in [0.25, 0.3) is 5.91 Å². The molecule has 1 aromatic heterocycles. The first-order chi connectivity index (χ1) is 8.50. The molecule has 0 aliphatic rings. The summed E-state index contributed by atoms with van der Waals surface area (Å²) in [5.74, 6) is -0.270. The molecule has 0 aliphatic carbocycles. The van der Waals surface area contributed by atoms with Gasteiger partial charge in [-0.25, -0.2) is 0 Å². The number of carbonyl (C=O) groups is 1. The van der Waals surface area contributed by atoms with Gasteiger partial charge in [0, 0.05) is 17.2 Å². The highest BCUT2D eigenvalue weighted by Gasteiger charge is 2.16.